The van der Waals surface area contributed by atoms with Crippen molar-refractivity contribution in [2.75, 3.05) is 6.00 Å². The summed E-state index contributed by atoms with van der Waals surface area (Å²) in [7, 11) is 0. The van der Waals surface area contributed by atoms with Gasteiger partial charge in [0.05, 0.1) is 6.00 Å². The summed E-state index contributed by atoms with van der Waals surface area (Å²) in [4.78, 5) is 0. The molecule has 2 bridgehead atoms. The number of nitrogens with two attached hydrogens (primary N) is 1. The zero-order chi connectivity index (χ0) is 7.40. The van der Waals surface area contributed by atoms with Crippen LogP contribution in [0.1, 0.15) is 11.1 Å². The second-order valence-electron chi connectivity index (χ2n) is 2.15. The predicted octanol–water partition coefficient (Wildman–Crippen LogP) is 1.73. The van der Waals surface area contributed by atoms with Crippen molar-refractivity contribution in [2.45, 2.75) is 6.42 Å². The van der Waals surface area contributed by atoms with Gasteiger partial charge in [0.15, 0.2) is 0 Å². The molecule has 0 fully saturated rings. The van der Waals surface area contributed by atoms with E-state index in [9.17, 15) is 0 Å². The van der Waals surface area contributed by atoms with Gasteiger partial charge < -0.3 is 5.73 Å². The van der Waals surface area contributed by atoms with Crippen LogP contribution in [-0.4, -0.2) is 6.00 Å². The fourth-order valence-corrected chi connectivity index (χ4v) is 0.954. The zero-order valence-corrected chi connectivity index (χ0v) is 6.43. The van der Waals surface area contributed by atoms with E-state index in [2.05, 4.69) is 30.0 Å². The Balaban J connectivity index is 0.000000148. The monoisotopic (exact) mass is 155 g/mol. The number of hydrogen-bond donors (Lipinski definition) is 1. The normalized spacial score (nSPS) is 11.0. The van der Waals surface area contributed by atoms with Gasteiger partial charge in [-0.25, -0.2) is 0 Å². The zero-order valence-electron chi connectivity index (χ0n) is 5.68. The van der Waals surface area contributed by atoms with E-state index in [4.69, 9.17) is 11.6 Å². The molecule has 2 aliphatic carbocycles. The van der Waals surface area contributed by atoms with Crippen LogP contribution in [0.3, 0.4) is 0 Å². The Morgan fingerprint density at radius 2 is 1.80 bits per heavy atom. The van der Waals surface area contributed by atoms with E-state index in [0.717, 1.165) is 0 Å². The van der Waals surface area contributed by atoms with Gasteiger partial charge in [-0.1, -0.05) is 24.3 Å². The van der Waals surface area contributed by atoms with Crippen molar-refractivity contribution in [3.05, 3.63) is 35.4 Å². The van der Waals surface area contributed by atoms with Crippen LogP contribution >= 0.6 is 11.6 Å². The van der Waals surface area contributed by atoms with Gasteiger partial charge in [-0.3, -0.25) is 0 Å². The number of benzene rings is 1. The number of halogens is 1. The van der Waals surface area contributed by atoms with Crippen LogP contribution in [0.25, 0.3) is 0 Å². The number of alkyl halides is 1. The van der Waals surface area contributed by atoms with E-state index < -0.39 is 0 Å². The molecular formula is C8H10ClN. The van der Waals surface area contributed by atoms with Gasteiger partial charge in [-0.05, 0) is 17.5 Å². The lowest BCUT2D eigenvalue weighted by Gasteiger charge is -2.11. The molecule has 0 unspecified atom stereocenters. The Bertz CT molecular complexity index is 185. The predicted molar refractivity (Wildman–Crippen MR) is 44.2 cm³/mol. The molecule has 0 saturated heterocycles. The molecule has 0 atom stereocenters. The van der Waals surface area contributed by atoms with Crippen LogP contribution in [0, 0.1) is 0 Å². The molecule has 10 heavy (non-hydrogen) atoms. The minimum Gasteiger partial charge on any atom is -0.318 e. The molecule has 2 aliphatic rings. The molecule has 2 N–H and O–H groups in total. The van der Waals surface area contributed by atoms with Gasteiger partial charge in [0.2, 0.25) is 0 Å². The minimum absolute atomic E-state index is 0.222. The summed E-state index contributed by atoms with van der Waals surface area (Å²) >= 11 is 4.78. The van der Waals surface area contributed by atoms with Crippen molar-refractivity contribution >= 4 is 11.6 Å². The molecule has 0 saturated carbocycles. The van der Waals surface area contributed by atoms with Gasteiger partial charge in [0, 0.05) is 0 Å². The second kappa shape index (κ2) is 3.59. The third kappa shape index (κ3) is 1.72. The Morgan fingerprint density at radius 3 is 1.90 bits per heavy atom. The largest absolute Gasteiger partial charge is 0.318 e. The van der Waals surface area contributed by atoms with E-state index in [0.29, 0.717) is 0 Å². The van der Waals surface area contributed by atoms with E-state index in [-0.39, 0.29) is 6.00 Å². The number of fused-ring (bicyclic) bond motifs is 2. The highest BCUT2D eigenvalue weighted by atomic mass is 35.5. The van der Waals surface area contributed by atoms with E-state index >= 15 is 0 Å². The topological polar surface area (TPSA) is 26.0 Å². The molecule has 0 aliphatic heterocycles. The smallest absolute Gasteiger partial charge is 0.0688 e. The van der Waals surface area contributed by atoms with Gasteiger partial charge in [-0.15, -0.1) is 11.6 Å². The molecule has 0 heterocycles. The van der Waals surface area contributed by atoms with Crippen LogP contribution in [0.4, 0.5) is 0 Å². The Morgan fingerprint density at radius 1 is 1.40 bits per heavy atom. The molecule has 0 spiro atoms. The quantitative estimate of drug-likeness (QED) is 0.455. The van der Waals surface area contributed by atoms with Crippen molar-refractivity contribution in [3.8, 4) is 0 Å². The molecule has 1 nitrogen and oxygen atoms in total. The highest BCUT2D eigenvalue weighted by molar-refractivity contribution is 6.17. The van der Waals surface area contributed by atoms with Gasteiger partial charge in [-0.2, -0.15) is 0 Å². The fraction of sp³-hybridized carbons (Fsp3) is 0.250. The van der Waals surface area contributed by atoms with E-state index in [1.807, 2.05) is 0 Å². The summed E-state index contributed by atoms with van der Waals surface area (Å²) in [6.45, 7) is 0. The molecule has 3 rings (SSSR count). The third-order valence-electron chi connectivity index (χ3n) is 1.40. The highest BCUT2D eigenvalue weighted by Gasteiger charge is 2.04. The molecule has 0 aromatic heterocycles. The van der Waals surface area contributed by atoms with Crippen LogP contribution in [-0.2, 0) is 6.42 Å². The first-order chi connectivity index (χ1) is 4.86. The summed E-state index contributed by atoms with van der Waals surface area (Å²) in [6, 6.07) is 8.87. The lowest BCUT2D eigenvalue weighted by Crippen LogP contribution is -1.97. The molecule has 54 valence electrons. The van der Waals surface area contributed by atoms with Crippen LogP contribution in [0.5, 0.6) is 0 Å². The summed E-state index contributed by atoms with van der Waals surface area (Å²) in [5.41, 5.74) is 7.58. The first-order valence-corrected chi connectivity index (χ1v) is 3.74. The first-order valence-electron chi connectivity index (χ1n) is 3.20. The molecular weight excluding hydrogens is 146 g/mol. The summed E-state index contributed by atoms with van der Waals surface area (Å²) in [6.07, 6.45) is 1.22. The van der Waals surface area contributed by atoms with Crippen molar-refractivity contribution in [2.24, 2.45) is 5.73 Å². The van der Waals surface area contributed by atoms with Crippen molar-refractivity contribution in [1.82, 2.24) is 0 Å². The molecule has 0 amide bonds. The highest BCUT2D eigenvalue weighted by Crippen LogP contribution is 2.18. The van der Waals surface area contributed by atoms with Crippen molar-refractivity contribution < 1.29 is 0 Å². The second-order valence-corrected chi connectivity index (χ2v) is 2.46. The van der Waals surface area contributed by atoms with Crippen LogP contribution in [0.2, 0.25) is 0 Å². The fourth-order valence-electron chi connectivity index (χ4n) is 0.954. The lowest BCUT2D eigenvalue weighted by atomic mass is 9.94. The Labute approximate surface area is 65.8 Å². The molecule has 1 aromatic carbocycles. The molecule has 1 aromatic rings. The van der Waals surface area contributed by atoms with E-state index in [1.165, 1.54) is 17.5 Å². The van der Waals surface area contributed by atoms with Gasteiger partial charge >= 0.3 is 0 Å². The Kier molecular flexibility index (Phi) is 2.72. The number of hydrogen-bond acceptors (Lipinski definition) is 1. The SMILES string of the molecule is NCCl.c1cc2cc(c1)C2. The maximum atomic E-state index is 4.78. The summed E-state index contributed by atoms with van der Waals surface area (Å²) < 4.78 is 0. The first kappa shape index (κ1) is 7.58. The van der Waals surface area contributed by atoms with Gasteiger partial charge in [0.25, 0.3) is 0 Å². The third-order valence-corrected chi connectivity index (χ3v) is 1.40. The molecule has 0 radical (unpaired) electrons. The average Bonchev–Trinajstić information content (AvgIpc) is 1.90. The number of rotatable bonds is 0. The van der Waals surface area contributed by atoms with Crippen LogP contribution in [0.15, 0.2) is 24.3 Å². The maximum absolute atomic E-state index is 4.78. The minimum atomic E-state index is 0.222. The van der Waals surface area contributed by atoms with Crippen molar-refractivity contribution in [1.29, 1.82) is 0 Å². The Hall–Kier alpha value is -0.530. The molecule has 2 heteroatoms. The maximum Gasteiger partial charge on any atom is 0.0688 e. The van der Waals surface area contributed by atoms with Crippen LogP contribution < -0.4 is 5.73 Å². The van der Waals surface area contributed by atoms with Crippen molar-refractivity contribution in [3.63, 3.8) is 0 Å². The van der Waals surface area contributed by atoms with E-state index in [1.54, 1.807) is 0 Å². The lowest BCUT2D eigenvalue weighted by molar-refractivity contribution is 1.09. The average molecular weight is 156 g/mol. The standard InChI is InChI=1S/C7H6.CH4ClN/c1-2-6-4-7(3-1)5-6;2-1-3/h1-4H,5H2;1,3H2. The summed E-state index contributed by atoms with van der Waals surface area (Å²) in [5.74, 6) is 0. The summed E-state index contributed by atoms with van der Waals surface area (Å²) in [5, 5.41) is 0. The van der Waals surface area contributed by atoms with Gasteiger partial charge in [0.1, 0.15) is 0 Å².